The Labute approximate surface area is 114 Å². The quantitative estimate of drug-likeness (QED) is 0.704. The molecule has 2 N–H and O–H groups in total. The summed E-state index contributed by atoms with van der Waals surface area (Å²) in [6.07, 6.45) is 2.14. The highest BCUT2D eigenvalue weighted by atomic mass is 16.5. The molecule has 0 aromatic heterocycles. The molecule has 1 amide bonds. The zero-order valence-corrected chi connectivity index (χ0v) is 11.7. The van der Waals surface area contributed by atoms with Gasteiger partial charge in [0.2, 0.25) is 5.91 Å². The summed E-state index contributed by atoms with van der Waals surface area (Å²) in [6.45, 7) is 2.85. The molecule has 0 heterocycles. The molecule has 1 unspecified atom stereocenters. The minimum atomic E-state index is 0.00107. The van der Waals surface area contributed by atoms with E-state index in [9.17, 15) is 4.79 Å². The van der Waals surface area contributed by atoms with Crippen LogP contribution in [-0.2, 0) is 11.2 Å². The lowest BCUT2D eigenvalue weighted by Crippen LogP contribution is -2.26. The first-order valence-electron chi connectivity index (χ1n) is 6.66. The SMILES string of the molecule is COc1ccccc1CC(=O)NCCCC(C)CO. The second-order valence-electron chi connectivity index (χ2n) is 4.77. The van der Waals surface area contributed by atoms with Gasteiger partial charge in [-0.25, -0.2) is 0 Å². The molecule has 4 heteroatoms. The highest BCUT2D eigenvalue weighted by molar-refractivity contribution is 5.79. The van der Waals surface area contributed by atoms with E-state index in [-0.39, 0.29) is 12.5 Å². The van der Waals surface area contributed by atoms with Gasteiger partial charge in [-0.15, -0.1) is 0 Å². The highest BCUT2D eigenvalue weighted by Crippen LogP contribution is 2.17. The van der Waals surface area contributed by atoms with Crippen molar-refractivity contribution in [1.82, 2.24) is 5.32 Å². The average molecular weight is 265 g/mol. The van der Waals surface area contributed by atoms with Gasteiger partial charge < -0.3 is 15.2 Å². The van der Waals surface area contributed by atoms with Gasteiger partial charge in [-0.1, -0.05) is 25.1 Å². The average Bonchev–Trinajstić information content (AvgIpc) is 2.43. The number of hydrogen-bond donors (Lipinski definition) is 2. The van der Waals surface area contributed by atoms with Crippen molar-refractivity contribution >= 4 is 5.91 Å². The molecular formula is C15H23NO3. The first-order valence-corrected chi connectivity index (χ1v) is 6.66. The molecule has 0 saturated heterocycles. The number of para-hydroxylation sites is 1. The van der Waals surface area contributed by atoms with Crippen molar-refractivity contribution in [2.45, 2.75) is 26.2 Å². The summed E-state index contributed by atoms with van der Waals surface area (Å²) in [6, 6.07) is 7.53. The van der Waals surface area contributed by atoms with E-state index in [1.807, 2.05) is 31.2 Å². The Morgan fingerprint density at radius 3 is 2.84 bits per heavy atom. The van der Waals surface area contributed by atoms with Crippen LogP contribution in [0, 0.1) is 5.92 Å². The van der Waals surface area contributed by atoms with Crippen molar-refractivity contribution in [2.75, 3.05) is 20.3 Å². The second-order valence-corrected chi connectivity index (χ2v) is 4.77. The summed E-state index contributed by atoms with van der Waals surface area (Å²) >= 11 is 0. The first kappa shape index (κ1) is 15.5. The van der Waals surface area contributed by atoms with Crippen molar-refractivity contribution in [3.05, 3.63) is 29.8 Å². The number of carbonyl (C=O) groups is 1. The lowest BCUT2D eigenvalue weighted by Gasteiger charge is -2.10. The van der Waals surface area contributed by atoms with Gasteiger partial charge in [-0.3, -0.25) is 4.79 Å². The van der Waals surface area contributed by atoms with Gasteiger partial charge in [0.05, 0.1) is 13.5 Å². The number of ether oxygens (including phenoxy) is 1. The lowest BCUT2D eigenvalue weighted by atomic mass is 10.1. The minimum absolute atomic E-state index is 0.00107. The number of rotatable bonds is 8. The molecule has 0 bridgehead atoms. The van der Waals surface area contributed by atoms with Crippen molar-refractivity contribution in [3.63, 3.8) is 0 Å². The fourth-order valence-corrected chi connectivity index (χ4v) is 1.85. The van der Waals surface area contributed by atoms with E-state index in [1.165, 1.54) is 0 Å². The zero-order chi connectivity index (χ0) is 14.1. The fraction of sp³-hybridized carbons (Fsp3) is 0.533. The van der Waals surface area contributed by atoms with Crippen molar-refractivity contribution in [2.24, 2.45) is 5.92 Å². The number of amides is 1. The third kappa shape index (κ3) is 5.75. The normalized spacial score (nSPS) is 11.9. The summed E-state index contributed by atoms with van der Waals surface area (Å²) in [5.74, 6) is 1.04. The van der Waals surface area contributed by atoms with Crippen LogP contribution in [0.1, 0.15) is 25.3 Å². The maximum Gasteiger partial charge on any atom is 0.224 e. The molecule has 106 valence electrons. The first-order chi connectivity index (χ1) is 9.17. The molecular weight excluding hydrogens is 242 g/mol. The Hall–Kier alpha value is -1.55. The van der Waals surface area contributed by atoms with Crippen LogP contribution >= 0.6 is 0 Å². The topological polar surface area (TPSA) is 58.6 Å². The van der Waals surface area contributed by atoms with Crippen LogP contribution in [0.2, 0.25) is 0 Å². The Bertz CT molecular complexity index is 393. The Morgan fingerprint density at radius 1 is 1.42 bits per heavy atom. The highest BCUT2D eigenvalue weighted by Gasteiger charge is 2.07. The van der Waals surface area contributed by atoms with Crippen LogP contribution in [0.4, 0.5) is 0 Å². The molecule has 0 saturated carbocycles. The molecule has 1 atom stereocenters. The van der Waals surface area contributed by atoms with Gasteiger partial charge in [-0.2, -0.15) is 0 Å². The van der Waals surface area contributed by atoms with Crippen LogP contribution in [0.15, 0.2) is 24.3 Å². The molecule has 0 aliphatic heterocycles. The van der Waals surface area contributed by atoms with Crippen molar-refractivity contribution in [1.29, 1.82) is 0 Å². The molecule has 0 radical (unpaired) electrons. The third-order valence-electron chi connectivity index (χ3n) is 3.05. The van der Waals surface area contributed by atoms with Crippen LogP contribution in [-0.4, -0.2) is 31.3 Å². The van der Waals surface area contributed by atoms with Gasteiger partial charge in [0.25, 0.3) is 0 Å². The molecule has 19 heavy (non-hydrogen) atoms. The molecule has 1 rings (SSSR count). The van der Waals surface area contributed by atoms with E-state index in [1.54, 1.807) is 7.11 Å². The predicted molar refractivity (Wildman–Crippen MR) is 75.2 cm³/mol. The summed E-state index contributed by atoms with van der Waals surface area (Å²) in [7, 11) is 1.60. The lowest BCUT2D eigenvalue weighted by molar-refractivity contribution is -0.120. The van der Waals surface area contributed by atoms with Crippen LogP contribution in [0.25, 0.3) is 0 Å². The van der Waals surface area contributed by atoms with E-state index in [0.29, 0.717) is 18.9 Å². The van der Waals surface area contributed by atoms with Crippen LogP contribution in [0.3, 0.4) is 0 Å². The maximum absolute atomic E-state index is 11.8. The van der Waals surface area contributed by atoms with E-state index >= 15 is 0 Å². The Balaban J connectivity index is 2.31. The number of aliphatic hydroxyl groups excluding tert-OH is 1. The predicted octanol–water partition coefficient (Wildman–Crippen LogP) is 1.76. The molecule has 0 aliphatic carbocycles. The number of carbonyl (C=O) groups excluding carboxylic acids is 1. The number of methoxy groups -OCH3 is 1. The van der Waals surface area contributed by atoms with E-state index in [0.717, 1.165) is 24.2 Å². The molecule has 0 spiro atoms. The van der Waals surface area contributed by atoms with E-state index in [2.05, 4.69) is 5.32 Å². The molecule has 0 aliphatic rings. The number of nitrogens with one attached hydrogen (secondary N) is 1. The molecule has 0 fully saturated rings. The summed E-state index contributed by atoms with van der Waals surface area (Å²) in [4.78, 5) is 11.8. The Kier molecular flexibility index (Phi) is 6.97. The van der Waals surface area contributed by atoms with Crippen molar-refractivity contribution < 1.29 is 14.6 Å². The summed E-state index contributed by atoms with van der Waals surface area (Å²) in [5, 5.41) is 11.8. The largest absolute Gasteiger partial charge is 0.496 e. The molecule has 4 nitrogen and oxygen atoms in total. The maximum atomic E-state index is 11.8. The van der Waals surface area contributed by atoms with Gasteiger partial charge >= 0.3 is 0 Å². The van der Waals surface area contributed by atoms with Gasteiger partial charge in [0.1, 0.15) is 5.75 Å². The van der Waals surface area contributed by atoms with Crippen LogP contribution in [0.5, 0.6) is 5.75 Å². The second kappa shape index (κ2) is 8.53. The minimum Gasteiger partial charge on any atom is -0.496 e. The molecule has 1 aromatic rings. The fourth-order valence-electron chi connectivity index (χ4n) is 1.85. The van der Waals surface area contributed by atoms with Crippen LogP contribution < -0.4 is 10.1 Å². The number of aliphatic hydroxyl groups is 1. The van der Waals surface area contributed by atoms with Gasteiger partial charge in [0, 0.05) is 18.7 Å². The summed E-state index contributed by atoms with van der Waals surface area (Å²) in [5.41, 5.74) is 0.895. The van der Waals surface area contributed by atoms with Gasteiger partial charge in [0.15, 0.2) is 0 Å². The zero-order valence-electron chi connectivity index (χ0n) is 11.7. The Morgan fingerprint density at radius 2 is 2.16 bits per heavy atom. The number of hydrogen-bond acceptors (Lipinski definition) is 3. The molecule has 1 aromatic carbocycles. The van der Waals surface area contributed by atoms with Gasteiger partial charge in [-0.05, 0) is 24.8 Å². The standard InChI is InChI=1S/C15H23NO3/c1-12(11-17)6-5-9-16-15(18)10-13-7-3-4-8-14(13)19-2/h3-4,7-8,12,17H,5-6,9-11H2,1-2H3,(H,16,18). The van der Waals surface area contributed by atoms with E-state index < -0.39 is 0 Å². The number of benzene rings is 1. The third-order valence-corrected chi connectivity index (χ3v) is 3.05. The summed E-state index contributed by atoms with van der Waals surface area (Å²) < 4.78 is 5.21. The van der Waals surface area contributed by atoms with Crippen molar-refractivity contribution in [3.8, 4) is 5.75 Å². The monoisotopic (exact) mass is 265 g/mol. The smallest absolute Gasteiger partial charge is 0.224 e. The van der Waals surface area contributed by atoms with E-state index in [4.69, 9.17) is 9.84 Å².